The van der Waals surface area contributed by atoms with Crippen molar-refractivity contribution in [1.29, 1.82) is 0 Å². The molecule has 25 heavy (non-hydrogen) atoms. The summed E-state index contributed by atoms with van der Waals surface area (Å²) in [5, 5.41) is 5.12. The summed E-state index contributed by atoms with van der Waals surface area (Å²) in [6.07, 6.45) is 8.33. The number of ether oxygens (including phenoxy) is 1. The third kappa shape index (κ3) is 4.42. The van der Waals surface area contributed by atoms with E-state index in [0.29, 0.717) is 11.8 Å². The summed E-state index contributed by atoms with van der Waals surface area (Å²) in [4.78, 5) is 4.10. The minimum atomic E-state index is 0.191. The minimum Gasteiger partial charge on any atom is -0.381 e. The molecule has 3 atom stereocenters. The molecule has 1 aromatic heterocycles. The fraction of sp³-hybridized carbons (Fsp3) is 0.600. The first kappa shape index (κ1) is 18.4. The van der Waals surface area contributed by atoms with E-state index < -0.39 is 0 Å². The van der Waals surface area contributed by atoms with Crippen LogP contribution in [0.4, 0.5) is 0 Å². The molecule has 1 aliphatic rings. The molecule has 0 amide bonds. The fourth-order valence-corrected chi connectivity index (χ4v) is 4.51. The van der Waals surface area contributed by atoms with Crippen LogP contribution in [-0.2, 0) is 17.7 Å². The van der Waals surface area contributed by atoms with Crippen LogP contribution in [-0.4, -0.2) is 28.0 Å². The van der Waals surface area contributed by atoms with Gasteiger partial charge >= 0.3 is 0 Å². The van der Waals surface area contributed by atoms with Crippen LogP contribution < -0.4 is 0 Å². The van der Waals surface area contributed by atoms with Crippen LogP contribution in [0.5, 0.6) is 0 Å². The van der Waals surface area contributed by atoms with Gasteiger partial charge in [-0.1, -0.05) is 37.6 Å². The number of aromatic nitrogens is 3. The van der Waals surface area contributed by atoms with E-state index in [2.05, 4.69) is 36.1 Å². The second kappa shape index (κ2) is 7.88. The summed E-state index contributed by atoms with van der Waals surface area (Å²) >= 11 is 6.00. The number of hydrogen-bond acceptors (Lipinski definition) is 3. The molecule has 0 bridgehead atoms. The van der Waals surface area contributed by atoms with Gasteiger partial charge in [-0.15, -0.1) is 0 Å². The molecule has 4 nitrogen and oxygen atoms in total. The molecule has 1 heterocycles. The van der Waals surface area contributed by atoms with E-state index in [1.54, 1.807) is 6.33 Å². The molecule has 2 aromatic rings. The van der Waals surface area contributed by atoms with E-state index >= 15 is 0 Å². The molecule has 5 heteroatoms. The van der Waals surface area contributed by atoms with E-state index in [-0.39, 0.29) is 11.5 Å². The third-order valence-electron chi connectivity index (χ3n) is 5.76. The highest BCUT2D eigenvalue weighted by Crippen LogP contribution is 2.45. The predicted molar refractivity (Wildman–Crippen MR) is 101 cm³/mol. The van der Waals surface area contributed by atoms with Gasteiger partial charge in [0.25, 0.3) is 0 Å². The van der Waals surface area contributed by atoms with Crippen LogP contribution in [0.1, 0.15) is 38.7 Å². The molecule has 0 radical (unpaired) electrons. The molecule has 1 aromatic carbocycles. The van der Waals surface area contributed by atoms with Gasteiger partial charge in [0.2, 0.25) is 0 Å². The Morgan fingerprint density at radius 3 is 2.68 bits per heavy atom. The van der Waals surface area contributed by atoms with Gasteiger partial charge in [-0.3, -0.25) is 4.68 Å². The van der Waals surface area contributed by atoms with E-state index in [9.17, 15) is 0 Å². The molecule has 0 unspecified atom stereocenters. The maximum Gasteiger partial charge on any atom is 0.137 e. The SMILES string of the molecule is CO[C@@H]1[C@@H](Cn2cncn2)[C@H](CCc2ccc(Cl)cc2)CCC1(C)C. The van der Waals surface area contributed by atoms with Crippen LogP contribution in [0, 0.1) is 17.3 Å². The van der Waals surface area contributed by atoms with Gasteiger partial charge in [0.1, 0.15) is 12.7 Å². The molecule has 1 aliphatic carbocycles. The molecule has 0 saturated heterocycles. The molecule has 0 aliphatic heterocycles. The maximum absolute atomic E-state index is 6.00. The van der Waals surface area contributed by atoms with E-state index in [4.69, 9.17) is 16.3 Å². The summed E-state index contributed by atoms with van der Waals surface area (Å²) in [5.74, 6) is 1.07. The highest BCUT2D eigenvalue weighted by Gasteiger charge is 2.44. The number of hydrogen-bond donors (Lipinski definition) is 0. The average molecular weight is 362 g/mol. The van der Waals surface area contributed by atoms with Gasteiger partial charge in [-0.05, 0) is 54.7 Å². The monoisotopic (exact) mass is 361 g/mol. The normalized spacial score (nSPS) is 25.8. The van der Waals surface area contributed by atoms with Crippen molar-refractivity contribution in [2.45, 2.75) is 52.2 Å². The Hall–Kier alpha value is -1.39. The van der Waals surface area contributed by atoms with Gasteiger partial charge in [-0.25, -0.2) is 4.98 Å². The standard InChI is InChI=1S/C20H28ClN3O/c1-20(2)11-10-16(7-4-15-5-8-17(21)9-6-15)18(19(20)25-3)12-24-14-22-13-23-24/h5-6,8-9,13-14,16,18-19H,4,7,10-12H2,1-3H3/t16-,18+,19-/m1/s1. The Labute approximate surface area is 155 Å². The largest absolute Gasteiger partial charge is 0.381 e. The molecular weight excluding hydrogens is 334 g/mol. The fourth-order valence-electron chi connectivity index (χ4n) is 4.38. The highest BCUT2D eigenvalue weighted by atomic mass is 35.5. The van der Waals surface area contributed by atoms with Crippen LogP contribution >= 0.6 is 11.6 Å². The predicted octanol–water partition coefficient (Wildman–Crippen LogP) is 4.63. The van der Waals surface area contributed by atoms with Crippen molar-refractivity contribution in [2.24, 2.45) is 17.3 Å². The molecule has 0 spiro atoms. The third-order valence-corrected chi connectivity index (χ3v) is 6.01. The quantitative estimate of drug-likeness (QED) is 0.752. The Bertz CT molecular complexity index is 654. The topological polar surface area (TPSA) is 39.9 Å². The van der Waals surface area contributed by atoms with Crippen LogP contribution in [0.3, 0.4) is 0 Å². The number of aryl methyl sites for hydroxylation is 1. The number of halogens is 1. The first-order chi connectivity index (χ1) is 12.0. The highest BCUT2D eigenvalue weighted by molar-refractivity contribution is 6.30. The second-order valence-corrected chi connectivity index (χ2v) is 8.33. The summed E-state index contributed by atoms with van der Waals surface area (Å²) < 4.78 is 7.94. The summed E-state index contributed by atoms with van der Waals surface area (Å²) in [6.45, 7) is 5.52. The molecule has 1 saturated carbocycles. The Balaban J connectivity index is 1.73. The Morgan fingerprint density at radius 1 is 1.28 bits per heavy atom. The lowest BCUT2D eigenvalue weighted by Gasteiger charge is -2.47. The van der Waals surface area contributed by atoms with Crippen molar-refractivity contribution >= 4 is 11.6 Å². The number of nitrogens with zero attached hydrogens (tertiary/aromatic N) is 3. The van der Waals surface area contributed by atoms with Crippen LogP contribution in [0.2, 0.25) is 5.02 Å². The number of rotatable bonds is 6. The lowest BCUT2D eigenvalue weighted by Crippen LogP contribution is -2.47. The Morgan fingerprint density at radius 2 is 2.04 bits per heavy atom. The van der Waals surface area contributed by atoms with Crippen molar-refractivity contribution in [3.05, 3.63) is 47.5 Å². The second-order valence-electron chi connectivity index (χ2n) is 7.89. The van der Waals surface area contributed by atoms with Gasteiger partial charge in [-0.2, -0.15) is 5.10 Å². The smallest absolute Gasteiger partial charge is 0.137 e. The molecule has 1 fully saturated rings. The number of benzene rings is 1. The van der Waals surface area contributed by atoms with E-state index in [0.717, 1.165) is 24.4 Å². The molecule has 0 N–H and O–H groups in total. The zero-order valence-electron chi connectivity index (χ0n) is 15.4. The van der Waals surface area contributed by atoms with Crippen molar-refractivity contribution in [2.75, 3.05) is 7.11 Å². The van der Waals surface area contributed by atoms with Crippen molar-refractivity contribution in [1.82, 2.24) is 14.8 Å². The molecule has 136 valence electrons. The van der Waals surface area contributed by atoms with Crippen molar-refractivity contribution in [3.8, 4) is 0 Å². The van der Waals surface area contributed by atoms with Gasteiger partial charge in [0.05, 0.1) is 6.10 Å². The first-order valence-corrected chi connectivity index (χ1v) is 9.47. The first-order valence-electron chi connectivity index (χ1n) is 9.09. The summed E-state index contributed by atoms with van der Waals surface area (Å²) in [5.41, 5.74) is 1.54. The van der Waals surface area contributed by atoms with Gasteiger partial charge in [0.15, 0.2) is 0 Å². The van der Waals surface area contributed by atoms with Gasteiger partial charge < -0.3 is 4.74 Å². The number of methoxy groups -OCH3 is 1. The molecular formula is C20H28ClN3O. The zero-order valence-corrected chi connectivity index (χ0v) is 16.1. The van der Waals surface area contributed by atoms with Crippen LogP contribution in [0.25, 0.3) is 0 Å². The minimum absolute atomic E-state index is 0.191. The summed E-state index contributed by atoms with van der Waals surface area (Å²) in [7, 11) is 1.85. The molecule has 3 rings (SSSR count). The van der Waals surface area contributed by atoms with Crippen LogP contribution in [0.15, 0.2) is 36.9 Å². The van der Waals surface area contributed by atoms with Gasteiger partial charge in [0, 0.05) is 24.6 Å². The Kier molecular flexibility index (Phi) is 5.80. The van der Waals surface area contributed by atoms with E-state index in [1.807, 2.05) is 30.3 Å². The van der Waals surface area contributed by atoms with Crippen molar-refractivity contribution in [3.63, 3.8) is 0 Å². The average Bonchev–Trinajstić information content (AvgIpc) is 3.08. The van der Waals surface area contributed by atoms with E-state index in [1.165, 1.54) is 18.4 Å². The maximum atomic E-state index is 6.00. The lowest BCUT2D eigenvalue weighted by molar-refractivity contribution is -0.0925. The van der Waals surface area contributed by atoms with Crippen molar-refractivity contribution < 1.29 is 4.74 Å². The summed E-state index contributed by atoms with van der Waals surface area (Å²) in [6, 6.07) is 8.22. The zero-order chi connectivity index (χ0) is 17.9. The lowest BCUT2D eigenvalue weighted by atomic mass is 9.63.